The summed E-state index contributed by atoms with van der Waals surface area (Å²) < 4.78 is 1.39. The first-order valence-corrected chi connectivity index (χ1v) is 19.7. The number of thioether (sulfide) groups is 2. The normalized spacial score (nSPS) is 16.7. The van der Waals surface area contributed by atoms with Crippen LogP contribution in [0.2, 0.25) is 0 Å². The molecule has 0 radical (unpaired) electrons. The van der Waals surface area contributed by atoms with E-state index in [9.17, 15) is 44.1 Å². The summed E-state index contributed by atoms with van der Waals surface area (Å²) in [5, 5.41) is 41.3. The van der Waals surface area contributed by atoms with E-state index in [0.717, 1.165) is 28.4 Å². The zero-order chi connectivity index (χ0) is 42.2. The number of carbonyl (C=O) groups excluding carboxylic acids is 5. The minimum Gasteiger partial charge on any atom is -0.504 e. The average molecular weight is 855 g/mol. The monoisotopic (exact) mass is 854 g/mol. The molecular formula is C33H34N12O10S3. The summed E-state index contributed by atoms with van der Waals surface area (Å²) in [5.41, 5.74) is 8.45. The molecule has 8 N–H and O–H groups in total. The summed E-state index contributed by atoms with van der Waals surface area (Å²) in [7, 11) is 3.13. The fraction of sp³-hybridized carbons (Fsp3) is 0.303. The Kier molecular flexibility index (Phi) is 11.5. The van der Waals surface area contributed by atoms with Crippen molar-refractivity contribution in [1.29, 1.82) is 0 Å². The molecule has 2 atom stereocenters. The second kappa shape index (κ2) is 16.2. The summed E-state index contributed by atoms with van der Waals surface area (Å²) in [4.78, 5) is 98.3. The minimum absolute atomic E-state index is 0.0481. The van der Waals surface area contributed by atoms with E-state index in [1.165, 1.54) is 58.2 Å². The van der Waals surface area contributed by atoms with Gasteiger partial charge >= 0.3 is 5.97 Å². The summed E-state index contributed by atoms with van der Waals surface area (Å²) in [6, 6.07) is 3.81. The highest BCUT2D eigenvalue weighted by Gasteiger charge is 2.54. The number of amides is 5. The number of thiazole rings is 1. The van der Waals surface area contributed by atoms with Gasteiger partial charge in [0.25, 0.3) is 35.3 Å². The van der Waals surface area contributed by atoms with Crippen LogP contribution in [0, 0.1) is 6.92 Å². The van der Waals surface area contributed by atoms with Crippen LogP contribution >= 0.6 is 34.9 Å². The number of hydrogen-bond donors (Lipinski definition) is 7. The van der Waals surface area contributed by atoms with Gasteiger partial charge in [-0.2, -0.15) is 9.50 Å². The van der Waals surface area contributed by atoms with Crippen LogP contribution in [-0.4, -0.2) is 134 Å². The number of nitrogens with one attached hydrogen (secondary N) is 3. The molecule has 58 heavy (non-hydrogen) atoms. The predicted molar refractivity (Wildman–Crippen MR) is 208 cm³/mol. The number of benzene rings is 1. The van der Waals surface area contributed by atoms with Crippen molar-refractivity contribution in [3.05, 3.63) is 63.7 Å². The van der Waals surface area contributed by atoms with Gasteiger partial charge in [0.05, 0.1) is 0 Å². The number of phenols is 2. The van der Waals surface area contributed by atoms with Gasteiger partial charge in [0.1, 0.15) is 27.8 Å². The Hall–Kier alpha value is -6.47. The number of phenolic OH excluding ortho intramolecular Hbond substituents is 2. The molecule has 22 nitrogen and oxygen atoms in total. The topological polar surface area (TPSA) is 309 Å². The van der Waals surface area contributed by atoms with Gasteiger partial charge in [0, 0.05) is 42.2 Å². The van der Waals surface area contributed by atoms with Crippen LogP contribution in [0.1, 0.15) is 46.2 Å². The standard InChI is InChI=1S/C33H34N12O10S3/c1-13-8-19(45-32(35-13)38-23(41-45)27(51)43(4)5)56-10-15-11-57-28-21(26(50)44(28)22(15)29(52)53)37-25(49)20(16-12-58-31(34)36-16)42-55-33(2,3)30(54)40-39-24(48)14-6-7-17(46)18(47)9-14/h6-9,12,21,28,46-47H,10-11H2,1-5H3,(H2,34,36)(H,37,49)(H,39,48)(H,40,54)(H,52,53)/t21-,28-/m1/s1. The number of aliphatic carboxylic acids is 1. The second-order valence-electron chi connectivity index (χ2n) is 13.2. The SMILES string of the molecule is Cc1cc(SCC2=C(C(=O)O)N3C(=O)[C@@H](NC(=O)C(=NOC(C)(C)C(=O)NNC(=O)c4ccc(O)c(O)c4)c4csc(N)n4)[C@H]3SC2)n2nc(C(=O)N(C)C)nc2n1. The highest BCUT2D eigenvalue weighted by atomic mass is 32.2. The van der Waals surface area contributed by atoms with E-state index in [-0.39, 0.29) is 45.2 Å². The summed E-state index contributed by atoms with van der Waals surface area (Å²) in [6.07, 6.45) is 0. The zero-order valence-corrected chi connectivity index (χ0v) is 33.5. The van der Waals surface area contributed by atoms with Crippen LogP contribution in [0.25, 0.3) is 5.78 Å². The average Bonchev–Trinajstić information content (AvgIpc) is 3.81. The van der Waals surface area contributed by atoms with Gasteiger partial charge in [-0.05, 0) is 50.6 Å². The van der Waals surface area contributed by atoms with Crippen molar-refractivity contribution in [1.82, 2.24) is 50.5 Å². The second-order valence-corrected chi connectivity index (χ2v) is 16.2. The van der Waals surface area contributed by atoms with E-state index >= 15 is 0 Å². The highest BCUT2D eigenvalue weighted by molar-refractivity contribution is 8.01. The molecule has 0 bridgehead atoms. The van der Waals surface area contributed by atoms with Crippen LogP contribution in [0.5, 0.6) is 11.5 Å². The Morgan fingerprint density at radius 1 is 1.10 bits per heavy atom. The van der Waals surface area contributed by atoms with Gasteiger partial charge in [-0.25, -0.2) is 14.8 Å². The third-order valence-electron chi connectivity index (χ3n) is 8.35. The lowest BCUT2D eigenvalue weighted by Gasteiger charge is -2.49. The largest absolute Gasteiger partial charge is 0.504 e. The van der Waals surface area contributed by atoms with Gasteiger partial charge < -0.3 is 36.1 Å². The molecule has 0 aliphatic carbocycles. The lowest BCUT2D eigenvalue weighted by molar-refractivity contribution is -0.150. The number of hydrazine groups is 1. The lowest BCUT2D eigenvalue weighted by Crippen LogP contribution is -2.71. The molecule has 0 spiro atoms. The third-order valence-corrected chi connectivity index (χ3v) is 11.4. The first-order chi connectivity index (χ1) is 27.4. The van der Waals surface area contributed by atoms with Crippen LogP contribution in [0.4, 0.5) is 5.13 Å². The number of oxime groups is 1. The molecule has 5 amide bonds. The molecule has 4 aromatic rings. The maximum absolute atomic E-state index is 13.7. The van der Waals surface area contributed by atoms with Crippen molar-refractivity contribution in [2.45, 2.75) is 42.8 Å². The number of β-lactam (4-membered cyclic amide) rings is 1. The number of aromatic nitrogens is 5. The first-order valence-electron chi connectivity index (χ1n) is 16.8. The fourth-order valence-electron chi connectivity index (χ4n) is 5.32. The number of carboxylic acid groups (broad SMARTS) is 1. The summed E-state index contributed by atoms with van der Waals surface area (Å²) >= 11 is 3.43. The molecule has 1 aromatic carbocycles. The van der Waals surface area contributed by atoms with Gasteiger partial charge in [-0.3, -0.25) is 39.7 Å². The molecule has 0 unspecified atom stereocenters. The number of carbonyl (C=O) groups is 6. The Labute approximate surface area is 339 Å². The lowest BCUT2D eigenvalue weighted by atomic mass is 10.0. The Bertz CT molecular complexity index is 2450. The number of rotatable bonds is 12. The molecule has 2 aliphatic heterocycles. The third kappa shape index (κ3) is 8.30. The zero-order valence-electron chi connectivity index (χ0n) is 31.0. The Morgan fingerprint density at radius 3 is 2.50 bits per heavy atom. The summed E-state index contributed by atoms with van der Waals surface area (Å²) in [6.45, 7) is 4.30. The van der Waals surface area contributed by atoms with Crippen molar-refractivity contribution < 1.29 is 48.9 Å². The van der Waals surface area contributed by atoms with Crippen LogP contribution in [0.3, 0.4) is 0 Å². The number of aryl methyl sites for hydroxylation is 1. The smallest absolute Gasteiger partial charge is 0.352 e. The van der Waals surface area contributed by atoms with Crippen molar-refractivity contribution in [2.75, 3.05) is 31.3 Å². The van der Waals surface area contributed by atoms with Gasteiger partial charge in [0.2, 0.25) is 11.4 Å². The van der Waals surface area contributed by atoms with E-state index in [1.54, 1.807) is 27.1 Å². The maximum Gasteiger partial charge on any atom is 0.352 e. The number of nitrogens with zero attached hydrogens (tertiary/aromatic N) is 8. The van der Waals surface area contributed by atoms with Gasteiger partial charge in [-0.1, -0.05) is 5.16 Å². The first kappa shape index (κ1) is 41.2. The quantitative estimate of drug-likeness (QED) is 0.0248. The number of carboxylic acids is 1. The Morgan fingerprint density at radius 2 is 1.84 bits per heavy atom. The molecule has 1 fully saturated rings. The van der Waals surface area contributed by atoms with Gasteiger partial charge in [0.15, 0.2) is 22.3 Å². The number of anilines is 1. The summed E-state index contributed by atoms with van der Waals surface area (Å²) in [5.74, 6) is -5.72. The van der Waals surface area contributed by atoms with Crippen LogP contribution in [-0.2, 0) is 24.0 Å². The number of hydrogen-bond acceptors (Lipinski definition) is 18. The molecular weight excluding hydrogens is 821 g/mol. The predicted octanol–water partition coefficient (Wildman–Crippen LogP) is 0.0758. The molecule has 0 saturated carbocycles. The number of nitrogens with two attached hydrogens (primary N) is 1. The van der Waals surface area contributed by atoms with E-state index in [1.807, 2.05) is 0 Å². The van der Waals surface area contributed by atoms with E-state index in [0.29, 0.717) is 16.3 Å². The molecule has 25 heteroatoms. The number of nitrogen functional groups attached to an aromatic ring is 1. The highest BCUT2D eigenvalue weighted by Crippen LogP contribution is 2.42. The van der Waals surface area contributed by atoms with Gasteiger partial charge in [-0.15, -0.1) is 40.0 Å². The van der Waals surface area contributed by atoms with E-state index in [2.05, 4.69) is 41.4 Å². The number of aromatic hydroxyl groups is 2. The molecule has 2 aliphatic rings. The molecule has 6 rings (SSSR count). The van der Waals surface area contributed by atoms with E-state index < -0.39 is 69.7 Å². The molecule has 3 aromatic heterocycles. The molecule has 1 saturated heterocycles. The van der Waals surface area contributed by atoms with Crippen molar-refractivity contribution in [2.24, 2.45) is 5.16 Å². The van der Waals surface area contributed by atoms with Crippen molar-refractivity contribution in [3.63, 3.8) is 0 Å². The minimum atomic E-state index is -1.82. The molecule has 304 valence electrons. The van der Waals surface area contributed by atoms with Crippen LogP contribution in [0.15, 0.2) is 51.1 Å². The van der Waals surface area contributed by atoms with Crippen molar-refractivity contribution in [3.8, 4) is 11.5 Å². The van der Waals surface area contributed by atoms with Crippen molar-refractivity contribution >= 4 is 87.0 Å². The maximum atomic E-state index is 13.7. The van der Waals surface area contributed by atoms with E-state index in [4.69, 9.17) is 10.6 Å². The number of fused-ring (bicyclic) bond motifs is 2. The van der Waals surface area contributed by atoms with Crippen LogP contribution < -0.4 is 21.9 Å². The fourth-order valence-corrected chi connectivity index (χ4v) is 8.40. The molecule has 5 heterocycles. The Balaban J connectivity index is 1.15.